The van der Waals surface area contributed by atoms with Crippen molar-refractivity contribution in [1.82, 2.24) is 4.57 Å². The zero-order chi connectivity index (χ0) is 42.5. The standard InChI is InChI=1S/C61H44N2O/c1-61(2)54-18-8-5-15-48(54)49-33-32-46(38-55(49)61)63-57-19-9-6-16-50(57)52-36-42(26-34-58(52)63)39-22-28-44(29-23-39)62(56-20-11-13-41-12-3-4-14-47(41)56)45-30-24-40(25-31-45)43-27-35-60-53(37-43)51-17-7-10-21-59(51)64-60/h3,5-13,15-38H,4,14H2,1-2H3. The minimum atomic E-state index is -0.0671. The van der Waals surface area contributed by atoms with Crippen LogP contribution in [0.15, 0.2) is 205 Å². The summed E-state index contributed by atoms with van der Waals surface area (Å²) in [6, 6.07) is 71.5. The Morgan fingerprint density at radius 2 is 1.12 bits per heavy atom. The summed E-state index contributed by atoms with van der Waals surface area (Å²) in [7, 11) is 0. The number of hydrogen-bond donors (Lipinski definition) is 0. The summed E-state index contributed by atoms with van der Waals surface area (Å²) in [4.78, 5) is 2.44. The SMILES string of the molecule is CC1(C)c2ccccc2-c2ccc(-n3c4ccccc4c4cc(-c5ccc(N(c6ccc(-c7ccc8oc9ccccc9c8c7)cc6)c6cccc7c6CCC=C7)cc5)ccc43)cc21. The maximum atomic E-state index is 6.14. The third-order valence-corrected chi connectivity index (χ3v) is 14.1. The summed E-state index contributed by atoms with van der Waals surface area (Å²) in [6.45, 7) is 4.72. The van der Waals surface area contributed by atoms with E-state index in [2.05, 4.69) is 217 Å². The minimum absolute atomic E-state index is 0.0671. The van der Waals surface area contributed by atoms with Crippen LogP contribution in [0.1, 0.15) is 42.5 Å². The molecular formula is C61H44N2O. The molecule has 2 aromatic heterocycles. The number of aromatic nitrogens is 1. The van der Waals surface area contributed by atoms with E-state index in [0.29, 0.717) is 0 Å². The molecule has 2 heterocycles. The monoisotopic (exact) mass is 820 g/mol. The van der Waals surface area contributed by atoms with Gasteiger partial charge in [-0.3, -0.25) is 0 Å². The van der Waals surface area contributed by atoms with Crippen LogP contribution in [-0.4, -0.2) is 4.57 Å². The van der Waals surface area contributed by atoms with Gasteiger partial charge in [-0.15, -0.1) is 0 Å². The quantitative estimate of drug-likeness (QED) is 0.167. The summed E-state index contributed by atoms with van der Waals surface area (Å²) in [5.41, 5.74) is 21.8. The summed E-state index contributed by atoms with van der Waals surface area (Å²) in [5, 5.41) is 4.80. The average molecular weight is 821 g/mol. The number of rotatable bonds is 6. The number of benzene rings is 9. The fourth-order valence-corrected chi connectivity index (χ4v) is 10.9. The van der Waals surface area contributed by atoms with Gasteiger partial charge in [0.1, 0.15) is 11.2 Å². The molecular weight excluding hydrogens is 777 g/mol. The molecule has 13 rings (SSSR count). The van der Waals surface area contributed by atoms with Gasteiger partial charge in [0, 0.05) is 49.7 Å². The van der Waals surface area contributed by atoms with Crippen LogP contribution >= 0.6 is 0 Å². The van der Waals surface area contributed by atoms with E-state index < -0.39 is 0 Å². The Balaban J connectivity index is 0.878. The maximum absolute atomic E-state index is 6.14. The molecule has 0 bridgehead atoms. The van der Waals surface area contributed by atoms with Gasteiger partial charge in [0.25, 0.3) is 0 Å². The fraction of sp³-hybridized carbons (Fsp3) is 0.0820. The van der Waals surface area contributed by atoms with Crippen molar-refractivity contribution in [2.24, 2.45) is 0 Å². The molecule has 0 saturated heterocycles. The molecule has 9 aromatic carbocycles. The van der Waals surface area contributed by atoms with Gasteiger partial charge in [-0.05, 0) is 147 Å². The third kappa shape index (κ3) is 5.60. The first kappa shape index (κ1) is 36.7. The summed E-state index contributed by atoms with van der Waals surface area (Å²) in [5.74, 6) is 0. The van der Waals surface area contributed by atoms with E-state index in [9.17, 15) is 0 Å². The first-order valence-corrected chi connectivity index (χ1v) is 22.5. The lowest BCUT2D eigenvalue weighted by Gasteiger charge is -2.29. The van der Waals surface area contributed by atoms with Gasteiger partial charge in [-0.1, -0.05) is 141 Å². The zero-order valence-corrected chi connectivity index (χ0v) is 35.8. The highest BCUT2D eigenvalue weighted by Gasteiger charge is 2.35. The molecule has 0 atom stereocenters. The normalized spacial score (nSPS) is 13.7. The lowest BCUT2D eigenvalue weighted by Crippen LogP contribution is -2.15. The molecule has 0 saturated carbocycles. The van der Waals surface area contributed by atoms with Crippen LogP contribution in [0.5, 0.6) is 0 Å². The minimum Gasteiger partial charge on any atom is -0.456 e. The molecule has 0 radical (unpaired) electrons. The van der Waals surface area contributed by atoms with E-state index in [1.54, 1.807) is 0 Å². The average Bonchev–Trinajstić information content (AvgIpc) is 3.97. The van der Waals surface area contributed by atoms with Crippen molar-refractivity contribution in [2.75, 3.05) is 4.90 Å². The first-order chi connectivity index (χ1) is 31.5. The second-order valence-corrected chi connectivity index (χ2v) is 18.0. The van der Waals surface area contributed by atoms with Crippen molar-refractivity contribution in [3.8, 4) is 39.1 Å². The van der Waals surface area contributed by atoms with Crippen LogP contribution in [0.2, 0.25) is 0 Å². The molecule has 0 amide bonds. The Morgan fingerprint density at radius 1 is 0.484 bits per heavy atom. The molecule has 0 aliphatic heterocycles. The Hall–Kier alpha value is -7.88. The van der Waals surface area contributed by atoms with Crippen LogP contribution in [0.25, 0.3) is 88.9 Å². The molecule has 11 aromatic rings. The van der Waals surface area contributed by atoms with Crippen molar-refractivity contribution < 1.29 is 4.42 Å². The molecule has 0 spiro atoms. The summed E-state index contributed by atoms with van der Waals surface area (Å²) < 4.78 is 8.59. The number of nitrogens with zero attached hydrogens (tertiary/aromatic N) is 2. The van der Waals surface area contributed by atoms with Crippen molar-refractivity contribution in [3.05, 3.63) is 222 Å². The van der Waals surface area contributed by atoms with Gasteiger partial charge >= 0.3 is 0 Å². The van der Waals surface area contributed by atoms with E-state index in [1.165, 1.54) is 88.8 Å². The maximum Gasteiger partial charge on any atom is 0.135 e. The number of anilines is 3. The second-order valence-electron chi connectivity index (χ2n) is 18.0. The molecule has 0 N–H and O–H groups in total. The van der Waals surface area contributed by atoms with Crippen LogP contribution in [0.3, 0.4) is 0 Å². The number of para-hydroxylation sites is 2. The molecule has 3 nitrogen and oxygen atoms in total. The second kappa shape index (κ2) is 14.1. The largest absolute Gasteiger partial charge is 0.456 e. The lowest BCUT2D eigenvalue weighted by atomic mass is 9.82. The molecule has 304 valence electrons. The first-order valence-electron chi connectivity index (χ1n) is 22.5. The van der Waals surface area contributed by atoms with E-state index in [1.807, 2.05) is 12.1 Å². The van der Waals surface area contributed by atoms with Crippen LogP contribution in [0, 0.1) is 0 Å². The van der Waals surface area contributed by atoms with Crippen LogP contribution in [-0.2, 0) is 11.8 Å². The van der Waals surface area contributed by atoms with Crippen LogP contribution in [0.4, 0.5) is 17.1 Å². The Labute approximate surface area is 372 Å². The lowest BCUT2D eigenvalue weighted by molar-refractivity contribution is 0.660. The van der Waals surface area contributed by atoms with Crippen molar-refractivity contribution in [3.63, 3.8) is 0 Å². The van der Waals surface area contributed by atoms with Crippen molar-refractivity contribution >= 4 is 66.9 Å². The van der Waals surface area contributed by atoms with Gasteiger partial charge < -0.3 is 13.9 Å². The Bertz CT molecular complexity index is 3690. The molecule has 2 aliphatic carbocycles. The molecule has 0 unspecified atom stereocenters. The molecule has 64 heavy (non-hydrogen) atoms. The van der Waals surface area contributed by atoms with E-state index in [4.69, 9.17) is 4.42 Å². The predicted molar refractivity (Wildman–Crippen MR) is 269 cm³/mol. The highest BCUT2D eigenvalue weighted by molar-refractivity contribution is 6.11. The summed E-state index contributed by atoms with van der Waals surface area (Å²) >= 11 is 0. The molecule has 3 heteroatoms. The number of fused-ring (bicyclic) bond motifs is 10. The van der Waals surface area contributed by atoms with Gasteiger partial charge in [-0.2, -0.15) is 0 Å². The fourth-order valence-electron chi connectivity index (χ4n) is 10.9. The van der Waals surface area contributed by atoms with Crippen LogP contribution < -0.4 is 4.90 Å². The van der Waals surface area contributed by atoms with Gasteiger partial charge in [0.2, 0.25) is 0 Å². The predicted octanol–water partition coefficient (Wildman–Crippen LogP) is 16.8. The smallest absolute Gasteiger partial charge is 0.135 e. The highest BCUT2D eigenvalue weighted by Crippen LogP contribution is 2.50. The van der Waals surface area contributed by atoms with Gasteiger partial charge in [0.15, 0.2) is 0 Å². The van der Waals surface area contributed by atoms with E-state index in [-0.39, 0.29) is 5.41 Å². The molecule has 2 aliphatic rings. The topological polar surface area (TPSA) is 21.3 Å². The Kier molecular flexibility index (Phi) is 8.08. The number of allylic oxidation sites excluding steroid dienone is 1. The number of hydrogen-bond acceptors (Lipinski definition) is 2. The number of furan rings is 1. The highest BCUT2D eigenvalue weighted by atomic mass is 16.3. The van der Waals surface area contributed by atoms with Crippen molar-refractivity contribution in [1.29, 1.82) is 0 Å². The Morgan fingerprint density at radius 3 is 1.94 bits per heavy atom. The third-order valence-electron chi connectivity index (χ3n) is 14.1. The zero-order valence-electron chi connectivity index (χ0n) is 35.8. The van der Waals surface area contributed by atoms with Gasteiger partial charge in [-0.25, -0.2) is 0 Å². The van der Waals surface area contributed by atoms with Gasteiger partial charge in [0.05, 0.1) is 11.0 Å². The van der Waals surface area contributed by atoms with E-state index in [0.717, 1.165) is 46.2 Å². The van der Waals surface area contributed by atoms with Crippen molar-refractivity contribution in [2.45, 2.75) is 32.1 Å². The summed E-state index contributed by atoms with van der Waals surface area (Å²) in [6.07, 6.45) is 6.62. The van der Waals surface area contributed by atoms with E-state index >= 15 is 0 Å². The molecule has 0 fully saturated rings.